The van der Waals surface area contributed by atoms with Crippen molar-refractivity contribution in [2.75, 3.05) is 19.6 Å². The van der Waals surface area contributed by atoms with Crippen LogP contribution >= 0.6 is 0 Å². The third-order valence-corrected chi connectivity index (χ3v) is 4.14. The smallest absolute Gasteiger partial charge is 0.251 e. The normalized spacial score (nSPS) is 17.4. The molecule has 0 aliphatic carbocycles. The summed E-state index contributed by atoms with van der Waals surface area (Å²) in [6, 6.07) is 8.18. The van der Waals surface area contributed by atoms with Gasteiger partial charge in [0, 0.05) is 29.9 Å². The van der Waals surface area contributed by atoms with Crippen molar-refractivity contribution >= 4 is 16.8 Å². The molecule has 0 saturated carbocycles. The lowest BCUT2D eigenvalue weighted by atomic mass is 10.1. The number of carbonyl (C=O) groups excluding carboxylic acids is 1. The number of aromatic nitrogens is 1. The highest BCUT2D eigenvalue weighted by Crippen LogP contribution is 2.14. The molecular formula is C16H21N3O. The Kier molecular flexibility index (Phi) is 3.74. The summed E-state index contributed by atoms with van der Waals surface area (Å²) in [5, 5.41) is 4.17. The van der Waals surface area contributed by atoms with Crippen molar-refractivity contribution in [3.05, 3.63) is 36.0 Å². The molecule has 2 N–H and O–H groups in total. The summed E-state index contributed by atoms with van der Waals surface area (Å²) in [6.45, 7) is 5.21. The lowest BCUT2D eigenvalue weighted by Crippen LogP contribution is -2.40. The molecule has 1 aliphatic heterocycles. The van der Waals surface area contributed by atoms with Crippen molar-refractivity contribution in [3.8, 4) is 0 Å². The molecule has 4 heteroatoms. The van der Waals surface area contributed by atoms with Crippen LogP contribution in [0.3, 0.4) is 0 Å². The Morgan fingerprint density at radius 3 is 2.95 bits per heavy atom. The van der Waals surface area contributed by atoms with Crippen LogP contribution in [0.1, 0.15) is 30.1 Å². The summed E-state index contributed by atoms with van der Waals surface area (Å²) < 4.78 is 0. The number of likely N-dealkylation sites (tertiary alicyclic amines) is 1. The van der Waals surface area contributed by atoms with Gasteiger partial charge in [0.15, 0.2) is 0 Å². The van der Waals surface area contributed by atoms with Crippen LogP contribution in [-0.4, -0.2) is 41.5 Å². The number of carbonyl (C=O) groups is 1. The second kappa shape index (κ2) is 5.67. The summed E-state index contributed by atoms with van der Waals surface area (Å²) in [5.41, 5.74) is 1.72. The Balaban J connectivity index is 1.60. The van der Waals surface area contributed by atoms with E-state index in [1.165, 1.54) is 12.8 Å². The quantitative estimate of drug-likeness (QED) is 0.897. The molecule has 1 atom stereocenters. The molecule has 2 heterocycles. The van der Waals surface area contributed by atoms with Crippen molar-refractivity contribution < 1.29 is 4.79 Å². The minimum Gasteiger partial charge on any atom is -0.361 e. The highest BCUT2D eigenvalue weighted by atomic mass is 16.1. The maximum atomic E-state index is 12.2. The van der Waals surface area contributed by atoms with Gasteiger partial charge in [-0.1, -0.05) is 6.07 Å². The minimum absolute atomic E-state index is 0.00699. The number of aromatic amines is 1. The molecule has 1 aromatic heterocycles. The number of hydrogen-bond acceptors (Lipinski definition) is 2. The fourth-order valence-electron chi connectivity index (χ4n) is 2.84. The lowest BCUT2D eigenvalue weighted by molar-refractivity contribution is 0.0940. The van der Waals surface area contributed by atoms with E-state index in [9.17, 15) is 4.79 Å². The molecule has 0 spiro atoms. The van der Waals surface area contributed by atoms with Gasteiger partial charge in [-0.15, -0.1) is 0 Å². The Morgan fingerprint density at radius 1 is 1.35 bits per heavy atom. The molecule has 0 bridgehead atoms. The van der Waals surface area contributed by atoms with Crippen LogP contribution in [0.25, 0.3) is 10.9 Å². The van der Waals surface area contributed by atoms with Gasteiger partial charge in [-0.2, -0.15) is 0 Å². The number of fused-ring (bicyclic) bond motifs is 1. The monoisotopic (exact) mass is 271 g/mol. The average Bonchev–Trinajstić information content (AvgIpc) is 3.13. The first-order valence-electron chi connectivity index (χ1n) is 7.33. The predicted octanol–water partition coefficient (Wildman–Crippen LogP) is 2.38. The van der Waals surface area contributed by atoms with Crippen molar-refractivity contribution in [1.82, 2.24) is 15.2 Å². The van der Waals surface area contributed by atoms with Crippen LogP contribution in [0, 0.1) is 0 Å². The fraction of sp³-hybridized carbons (Fsp3) is 0.438. The third kappa shape index (κ3) is 2.70. The first-order valence-corrected chi connectivity index (χ1v) is 7.33. The average molecular weight is 271 g/mol. The summed E-state index contributed by atoms with van der Waals surface area (Å²) in [4.78, 5) is 17.8. The third-order valence-electron chi connectivity index (χ3n) is 4.14. The Morgan fingerprint density at radius 2 is 2.15 bits per heavy atom. The number of amides is 1. The predicted molar refractivity (Wildman–Crippen MR) is 80.9 cm³/mol. The number of H-pyrrole nitrogens is 1. The summed E-state index contributed by atoms with van der Waals surface area (Å²) in [5.74, 6) is 0.00699. The molecule has 1 amide bonds. The van der Waals surface area contributed by atoms with E-state index in [1.54, 1.807) is 0 Å². The zero-order valence-electron chi connectivity index (χ0n) is 11.9. The number of rotatable bonds is 4. The van der Waals surface area contributed by atoms with E-state index < -0.39 is 0 Å². The van der Waals surface area contributed by atoms with Gasteiger partial charge in [0.25, 0.3) is 5.91 Å². The van der Waals surface area contributed by atoms with Gasteiger partial charge in [-0.05, 0) is 56.4 Å². The van der Waals surface area contributed by atoms with Gasteiger partial charge < -0.3 is 10.3 Å². The zero-order valence-corrected chi connectivity index (χ0v) is 11.9. The summed E-state index contributed by atoms with van der Waals surface area (Å²) in [7, 11) is 0. The van der Waals surface area contributed by atoms with Crippen molar-refractivity contribution in [3.63, 3.8) is 0 Å². The first-order chi connectivity index (χ1) is 9.74. The standard InChI is InChI=1S/C16H21N3O/c1-12(19-8-2-3-9-19)11-18-16(20)14-5-4-13-6-7-17-15(13)10-14/h4-7,10,12,17H,2-3,8-9,11H2,1H3,(H,18,20). The molecule has 4 nitrogen and oxygen atoms in total. The SMILES string of the molecule is CC(CNC(=O)c1ccc2cc[nH]c2c1)N1CCCC1. The zero-order chi connectivity index (χ0) is 13.9. The minimum atomic E-state index is 0.00699. The Labute approximate surface area is 119 Å². The van der Waals surface area contributed by atoms with Gasteiger partial charge in [0.1, 0.15) is 0 Å². The van der Waals surface area contributed by atoms with Gasteiger partial charge >= 0.3 is 0 Å². The number of nitrogens with zero attached hydrogens (tertiary/aromatic N) is 1. The Bertz CT molecular complexity index is 599. The van der Waals surface area contributed by atoms with Crippen LogP contribution in [0.2, 0.25) is 0 Å². The highest BCUT2D eigenvalue weighted by molar-refractivity contribution is 5.97. The maximum Gasteiger partial charge on any atom is 0.251 e. The van der Waals surface area contributed by atoms with Gasteiger partial charge in [0.2, 0.25) is 0 Å². The number of benzene rings is 1. The van der Waals surface area contributed by atoms with Crippen LogP contribution in [0.4, 0.5) is 0 Å². The van der Waals surface area contributed by atoms with Gasteiger partial charge in [-0.25, -0.2) is 0 Å². The van der Waals surface area contributed by atoms with Crippen LogP contribution in [0.5, 0.6) is 0 Å². The van der Waals surface area contributed by atoms with Gasteiger partial charge in [0.05, 0.1) is 0 Å². The highest BCUT2D eigenvalue weighted by Gasteiger charge is 2.18. The molecule has 1 aromatic carbocycles. The van der Waals surface area contributed by atoms with E-state index in [0.29, 0.717) is 18.2 Å². The summed E-state index contributed by atoms with van der Waals surface area (Å²) >= 11 is 0. The van der Waals surface area contributed by atoms with E-state index in [-0.39, 0.29) is 5.91 Å². The fourth-order valence-corrected chi connectivity index (χ4v) is 2.84. The Hall–Kier alpha value is -1.81. The second-order valence-electron chi connectivity index (χ2n) is 5.58. The van der Waals surface area contributed by atoms with E-state index in [0.717, 1.165) is 24.0 Å². The molecule has 1 saturated heterocycles. The van der Waals surface area contributed by atoms with Crippen molar-refractivity contribution in [2.45, 2.75) is 25.8 Å². The van der Waals surface area contributed by atoms with Crippen LogP contribution < -0.4 is 5.32 Å². The molecule has 1 unspecified atom stereocenters. The lowest BCUT2D eigenvalue weighted by Gasteiger charge is -2.23. The topological polar surface area (TPSA) is 48.1 Å². The van der Waals surface area contributed by atoms with E-state index in [2.05, 4.69) is 22.1 Å². The van der Waals surface area contributed by atoms with Crippen LogP contribution in [0.15, 0.2) is 30.5 Å². The van der Waals surface area contributed by atoms with E-state index >= 15 is 0 Å². The van der Waals surface area contributed by atoms with E-state index in [1.807, 2.05) is 30.5 Å². The number of hydrogen-bond donors (Lipinski definition) is 2. The number of nitrogens with one attached hydrogen (secondary N) is 2. The van der Waals surface area contributed by atoms with Gasteiger partial charge in [-0.3, -0.25) is 9.69 Å². The van der Waals surface area contributed by atoms with E-state index in [4.69, 9.17) is 0 Å². The first kappa shape index (κ1) is 13.2. The molecule has 3 rings (SSSR count). The second-order valence-corrected chi connectivity index (χ2v) is 5.58. The molecule has 2 aromatic rings. The molecule has 0 radical (unpaired) electrons. The maximum absolute atomic E-state index is 12.2. The molecular weight excluding hydrogens is 250 g/mol. The molecule has 1 aliphatic rings. The molecule has 1 fully saturated rings. The molecule has 20 heavy (non-hydrogen) atoms. The summed E-state index contributed by atoms with van der Waals surface area (Å²) in [6.07, 6.45) is 4.45. The van der Waals surface area contributed by atoms with Crippen molar-refractivity contribution in [1.29, 1.82) is 0 Å². The molecule has 106 valence electrons. The van der Waals surface area contributed by atoms with Crippen LogP contribution in [-0.2, 0) is 0 Å². The largest absolute Gasteiger partial charge is 0.361 e. The van der Waals surface area contributed by atoms with Crippen molar-refractivity contribution in [2.24, 2.45) is 0 Å².